The number of nitrogens with one attached hydrogen (secondary N) is 1. The number of hydrogen-bond donors (Lipinski definition) is 1. The van der Waals surface area contributed by atoms with E-state index in [1.165, 1.54) is 0 Å². The molecule has 0 aliphatic carbocycles. The van der Waals surface area contributed by atoms with Gasteiger partial charge in [0, 0.05) is 57.8 Å². The van der Waals surface area contributed by atoms with E-state index in [9.17, 15) is 4.79 Å². The molecule has 0 radical (unpaired) electrons. The lowest BCUT2D eigenvalue weighted by atomic mass is 10.1. The van der Waals surface area contributed by atoms with Gasteiger partial charge in [0.1, 0.15) is 5.69 Å². The van der Waals surface area contributed by atoms with Gasteiger partial charge in [0.15, 0.2) is 0 Å². The van der Waals surface area contributed by atoms with Crippen molar-refractivity contribution in [2.45, 2.75) is 25.4 Å². The highest BCUT2D eigenvalue weighted by molar-refractivity contribution is 5.94. The summed E-state index contributed by atoms with van der Waals surface area (Å²) in [5.41, 5.74) is 3.91. The summed E-state index contributed by atoms with van der Waals surface area (Å²) in [6, 6.07) is 2.03. The summed E-state index contributed by atoms with van der Waals surface area (Å²) in [4.78, 5) is 14.6. The second kappa shape index (κ2) is 4.95. The van der Waals surface area contributed by atoms with E-state index in [1.807, 2.05) is 31.0 Å². The van der Waals surface area contributed by atoms with Crippen LogP contribution in [-0.4, -0.2) is 50.5 Å². The first-order valence-electron chi connectivity index (χ1n) is 7.68. The maximum absolute atomic E-state index is 12.8. The van der Waals surface area contributed by atoms with Crippen molar-refractivity contribution in [1.29, 1.82) is 0 Å². The van der Waals surface area contributed by atoms with Gasteiger partial charge in [0.25, 0.3) is 5.91 Å². The van der Waals surface area contributed by atoms with Gasteiger partial charge in [-0.2, -0.15) is 10.2 Å². The number of carbonyl (C=O) groups is 1. The Morgan fingerprint density at radius 1 is 1.27 bits per heavy atom. The smallest absolute Gasteiger partial charge is 0.272 e. The second-order valence-electron chi connectivity index (χ2n) is 6.18. The number of aromatic nitrogens is 4. The molecular formula is C15H20N6O. The van der Waals surface area contributed by atoms with Crippen LogP contribution in [0.3, 0.4) is 0 Å². The summed E-state index contributed by atoms with van der Waals surface area (Å²) in [5, 5.41) is 12.6. The van der Waals surface area contributed by atoms with E-state index in [0.717, 1.165) is 42.2 Å². The summed E-state index contributed by atoms with van der Waals surface area (Å²) in [6.07, 6.45) is 2.83. The van der Waals surface area contributed by atoms with E-state index in [4.69, 9.17) is 5.10 Å². The Morgan fingerprint density at radius 3 is 2.91 bits per heavy atom. The Labute approximate surface area is 128 Å². The van der Waals surface area contributed by atoms with Gasteiger partial charge in [-0.3, -0.25) is 14.2 Å². The molecule has 2 aliphatic heterocycles. The Hall–Kier alpha value is -2.15. The van der Waals surface area contributed by atoms with Crippen LogP contribution >= 0.6 is 0 Å². The Bertz CT molecular complexity index is 730. The van der Waals surface area contributed by atoms with Crippen LogP contribution in [0.4, 0.5) is 0 Å². The van der Waals surface area contributed by atoms with Crippen LogP contribution in [0, 0.1) is 0 Å². The van der Waals surface area contributed by atoms with Gasteiger partial charge < -0.3 is 10.2 Å². The van der Waals surface area contributed by atoms with Gasteiger partial charge >= 0.3 is 0 Å². The van der Waals surface area contributed by atoms with Crippen LogP contribution in [-0.2, 0) is 26.6 Å². The normalized spacial score (nSPS) is 21.5. The van der Waals surface area contributed by atoms with E-state index in [2.05, 4.69) is 10.4 Å². The molecule has 1 atom stereocenters. The van der Waals surface area contributed by atoms with Gasteiger partial charge in [-0.25, -0.2) is 0 Å². The molecule has 1 unspecified atom stereocenters. The third-order valence-electron chi connectivity index (χ3n) is 4.56. The van der Waals surface area contributed by atoms with Crippen LogP contribution < -0.4 is 5.32 Å². The predicted molar refractivity (Wildman–Crippen MR) is 80.5 cm³/mol. The molecule has 0 aromatic carbocycles. The number of likely N-dealkylation sites (N-methyl/N-ethyl adjacent to an activating group) is 1. The average molecular weight is 300 g/mol. The Kier molecular flexibility index (Phi) is 3.04. The van der Waals surface area contributed by atoms with E-state index < -0.39 is 0 Å². The maximum Gasteiger partial charge on any atom is 0.272 e. The van der Waals surface area contributed by atoms with Crippen LogP contribution in [0.5, 0.6) is 0 Å². The maximum atomic E-state index is 12.8. The minimum atomic E-state index is 0.0656. The molecule has 116 valence electrons. The third-order valence-corrected chi connectivity index (χ3v) is 4.56. The number of fused-ring (bicyclic) bond motifs is 3. The minimum absolute atomic E-state index is 0.0656. The fraction of sp³-hybridized carbons (Fsp3) is 0.533. The van der Waals surface area contributed by atoms with E-state index in [1.54, 1.807) is 9.58 Å². The number of amides is 1. The first kappa shape index (κ1) is 13.5. The highest BCUT2D eigenvalue weighted by Gasteiger charge is 2.33. The number of aryl methyl sites for hydroxylation is 1. The van der Waals surface area contributed by atoms with Crippen molar-refractivity contribution < 1.29 is 4.79 Å². The molecule has 0 saturated heterocycles. The molecule has 4 rings (SSSR count). The van der Waals surface area contributed by atoms with Gasteiger partial charge in [-0.15, -0.1) is 0 Å². The van der Waals surface area contributed by atoms with Crippen molar-refractivity contribution in [3.05, 3.63) is 34.9 Å². The monoisotopic (exact) mass is 300 g/mol. The lowest BCUT2D eigenvalue weighted by molar-refractivity contribution is 0.0789. The van der Waals surface area contributed by atoms with Crippen molar-refractivity contribution in [1.82, 2.24) is 29.8 Å². The topological polar surface area (TPSA) is 68.0 Å². The molecule has 0 bridgehead atoms. The lowest BCUT2D eigenvalue weighted by Crippen LogP contribution is -2.31. The van der Waals surface area contributed by atoms with Crippen LogP contribution in [0.25, 0.3) is 0 Å². The number of carbonyl (C=O) groups excluding carboxylic acids is 1. The minimum Gasteiger partial charge on any atom is -0.340 e. The van der Waals surface area contributed by atoms with Gasteiger partial charge in [-0.1, -0.05) is 0 Å². The van der Waals surface area contributed by atoms with E-state index >= 15 is 0 Å². The molecule has 0 spiro atoms. The summed E-state index contributed by atoms with van der Waals surface area (Å²) in [6.45, 7) is 3.03. The van der Waals surface area contributed by atoms with Crippen LogP contribution in [0.1, 0.15) is 33.4 Å². The summed E-state index contributed by atoms with van der Waals surface area (Å²) >= 11 is 0. The van der Waals surface area contributed by atoms with Crippen molar-refractivity contribution in [3.8, 4) is 0 Å². The number of rotatable bonds is 1. The van der Waals surface area contributed by atoms with Crippen LogP contribution in [0.2, 0.25) is 0 Å². The molecule has 0 fully saturated rings. The summed E-state index contributed by atoms with van der Waals surface area (Å²) in [7, 11) is 3.78. The molecular weight excluding hydrogens is 280 g/mol. The van der Waals surface area contributed by atoms with E-state index in [0.29, 0.717) is 13.1 Å². The molecule has 0 saturated carbocycles. The van der Waals surface area contributed by atoms with Gasteiger partial charge in [0.05, 0.1) is 17.9 Å². The zero-order chi connectivity index (χ0) is 15.3. The van der Waals surface area contributed by atoms with Gasteiger partial charge in [0.2, 0.25) is 0 Å². The predicted octanol–water partition coefficient (Wildman–Crippen LogP) is 0.132. The molecule has 1 amide bonds. The quantitative estimate of drug-likeness (QED) is 0.813. The molecule has 7 heteroatoms. The lowest BCUT2D eigenvalue weighted by Gasteiger charge is -2.19. The summed E-state index contributed by atoms with van der Waals surface area (Å²) < 4.78 is 3.71. The fourth-order valence-corrected chi connectivity index (χ4v) is 3.43. The van der Waals surface area contributed by atoms with Crippen molar-refractivity contribution in [2.75, 3.05) is 20.1 Å². The molecule has 2 aliphatic rings. The molecule has 2 aromatic rings. The molecule has 4 heterocycles. The first-order chi connectivity index (χ1) is 10.6. The highest BCUT2D eigenvalue weighted by atomic mass is 16.2. The highest BCUT2D eigenvalue weighted by Crippen LogP contribution is 2.27. The van der Waals surface area contributed by atoms with Crippen LogP contribution in [0.15, 0.2) is 12.3 Å². The molecule has 22 heavy (non-hydrogen) atoms. The average Bonchev–Trinajstić information content (AvgIpc) is 3.06. The van der Waals surface area contributed by atoms with Crippen molar-refractivity contribution in [3.63, 3.8) is 0 Å². The van der Waals surface area contributed by atoms with E-state index in [-0.39, 0.29) is 11.8 Å². The van der Waals surface area contributed by atoms with Gasteiger partial charge in [-0.05, 0) is 6.07 Å². The molecule has 1 N–H and O–H groups in total. The van der Waals surface area contributed by atoms with Crippen molar-refractivity contribution in [2.24, 2.45) is 7.05 Å². The summed E-state index contributed by atoms with van der Waals surface area (Å²) in [5.74, 6) is 0.238. The Balaban J connectivity index is 1.77. The zero-order valence-corrected chi connectivity index (χ0v) is 12.9. The SMILES string of the molecule is CN1CC(c2ccn(C)n2)Cn2nc3c(c2C1=O)CNCC3. The fourth-order valence-electron chi connectivity index (χ4n) is 3.43. The van der Waals surface area contributed by atoms with Crippen molar-refractivity contribution >= 4 is 5.91 Å². The zero-order valence-electron chi connectivity index (χ0n) is 12.9. The first-order valence-corrected chi connectivity index (χ1v) is 7.68. The molecule has 2 aromatic heterocycles. The standard InChI is InChI=1S/C15H20N6O/c1-19-8-10(12-4-6-20(2)17-12)9-21-14(15(19)22)11-7-16-5-3-13(11)18-21/h4,6,10,16H,3,5,7-9H2,1-2H3. The molecule has 7 nitrogen and oxygen atoms in total. The number of nitrogens with zero attached hydrogens (tertiary/aromatic N) is 5. The largest absolute Gasteiger partial charge is 0.340 e. The second-order valence-corrected chi connectivity index (χ2v) is 6.18. The number of hydrogen-bond acceptors (Lipinski definition) is 4. The third kappa shape index (κ3) is 2.04. The Morgan fingerprint density at radius 2 is 2.14 bits per heavy atom.